The highest BCUT2D eigenvalue weighted by Crippen LogP contribution is 2.30. The molecule has 1 aliphatic rings. The summed E-state index contributed by atoms with van der Waals surface area (Å²) in [5, 5.41) is 3.42. The van der Waals surface area contributed by atoms with Crippen molar-refractivity contribution in [2.24, 2.45) is 17.3 Å². The van der Waals surface area contributed by atoms with Gasteiger partial charge in [0.1, 0.15) is 11.5 Å². The van der Waals surface area contributed by atoms with Crippen LogP contribution in [0.25, 0.3) is 0 Å². The zero-order chi connectivity index (χ0) is 19.0. The summed E-state index contributed by atoms with van der Waals surface area (Å²) in [7, 11) is 0. The molecule has 0 spiro atoms. The van der Waals surface area contributed by atoms with Crippen LogP contribution >= 0.6 is 0 Å². The van der Waals surface area contributed by atoms with Crippen LogP contribution in [0.1, 0.15) is 65.4 Å². The SMILES string of the molecule is CC(=O)C(Cc1ccc(OCCCCC2CCNCC2)cc1)C(C)(C)C. The molecule has 3 heteroatoms. The van der Waals surface area contributed by atoms with Gasteiger partial charge in [-0.1, -0.05) is 39.3 Å². The second-order valence-electron chi connectivity index (χ2n) is 8.91. The van der Waals surface area contributed by atoms with Crippen LogP contribution in [0.2, 0.25) is 0 Å². The molecule has 0 amide bonds. The average molecular weight is 360 g/mol. The van der Waals surface area contributed by atoms with Crippen molar-refractivity contribution in [3.63, 3.8) is 0 Å². The summed E-state index contributed by atoms with van der Waals surface area (Å²) in [4.78, 5) is 12.0. The first-order valence-electron chi connectivity index (χ1n) is 10.3. The third-order valence-electron chi connectivity index (χ3n) is 5.63. The van der Waals surface area contributed by atoms with Crippen LogP contribution in [-0.2, 0) is 11.2 Å². The van der Waals surface area contributed by atoms with Gasteiger partial charge < -0.3 is 10.1 Å². The molecule has 0 bridgehead atoms. The Balaban J connectivity index is 1.70. The minimum absolute atomic E-state index is 0.00456. The molecule has 0 aromatic heterocycles. The van der Waals surface area contributed by atoms with Crippen molar-refractivity contribution >= 4 is 5.78 Å². The molecule has 3 nitrogen and oxygen atoms in total. The van der Waals surface area contributed by atoms with Gasteiger partial charge in [0.05, 0.1) is 6.61 Å². The molecule has 1 aromatic rings. The minimum atomic E-state index is -0.00456. The number of piperidine rings is 1. The van der Waals surface area contributed by atoms with E-state index < -0.39 is 0 Å². The van der Waals surface area contributed by atoms with Crippen LogP contribution < -0.4 is 10.1 Å². The third-order valence-corrected chi connectivity index (χ3v) is 5.63. The molecule has 1 fully saturated rings. The number of Topliss-reactive ketones (excluding diaryl/α,β-unsaturated/α-hetero) is 1. The summed E-state index contributed by atoms with van der Waals surface area (Å²) in [6, 6.07) is 8.29. The zero-order valence-electron chi connectivity index (χ0n) is 17.1. The van der Waals surface area contributed by atoms with E-state index in [1.807, 2.05) is 12.1 Å². The Kier molecular flexibility index (Phi) is 8.15. The molecule has 1 aromatic carbocycles. The molecule has 1 saturated heterocycles. The zero-order valence-corrected chi connectivity index (χ0v) is 17.1. The number of benzene rings is 1. The van der Waals surface area contributed by atoms with E-state index in [1.54, 1.807) is 6.92 Å². The summed E-state index contributed by atoms with van der Waals surface area (Å²) < 4.78 is 5.89. The van der Waals surface area contributed by atoms with Gasteiger partial charge in [-0.2, -0.15) is 0 Å². The molecule has 146 valence electrons. The van der Waals surface area contributed by atoms with Crippen LogP contribution in [0.15, 0.2) is 24.3 Å². The number of hydrogen-bond acceptors (Lipinski definition) is 3. The highest BCUT2D eigenvalue weighted by Gasteiger charge is 2.28. The molecule has 2 rings (SSSR count). The summed E-state index contributed by atoms with van der Waals surface area (Å²) in [6.07, 6.45) is 7.19. The monoisotopic (exact) mass is 359 g/mol. The molecule has 1 aliphatic heterocycles. The highest BCUT2D eigenvalue weighted by atomic mass is 16.5. The van der Waals surface area contributed by atoms with E-state index in [0.717, 1.165) is 31.1 Å². The van der Waals surface area contributed by atoms with Gasteiger partial charge in [-0.15, -0.1) is 0 Å². The second-order valence-corrected chi connectivity index (χ2v) is 8.91. The summed E-state index contributed by atoms with van der Waals surface area (Å²) in [5.41, 5.74) is 1.20. The van der Waals surface area contributed by atoms with E-state index in [9.17, 15) is 4.79 Å². The largest absolute Gasteiger partial charge is 0.494 e. The second kappa shape index (κ2) is 10.1. The Morgan fingerprint density at radius 3 is 2.38 bits per heavy atom. The van der Waals surface area contributed by atoms with Crippen molar-refractivity contribution in [2.45, 2.75) is 66.2 Å². The quantitative estimate of drug-likeness (QED) is 0.629. The van der Waals surface area contributed by atoms with E-state index >= 15 is 0 Å². The van der Waals surface area contributed by atoms with Gasteiger partial charge in [0, 0.05) is 5.92 Å². The topological polar surface area (TPSA) is 38.3 Å². The molecule has 26 heavy (non-hydrogen) atoms. The highest BCUT2D eigenvalue weighted by molar-refractivity contribution is 5.79. The molecule has 0 radical (unpaired) electrons. The van der Waals surface area contributed by atoms with Gasteiger partial charge in [-0.25, -0.2) is 0 Å². The normalized spacial score (nSPS) is 17.1. The average Bonchev–Trinajstić information content (AvgIpc) is 2.60. The lowest BCUT2D eigenvalue weighted by molar-refractivity contribution is -0.123. The first-order valence-corrected chi connectivity index (χ1v) is 10.3. The van der Waals surface area contributed by atoms with E-state index in [1.165, 1.54) is 44.3 Å². The van der Waals surface area contributed by atoms with Crippen molar-refractivity contribution in [3.05, 3.63) is 29.8 Å². The van der Waals surface area contributed by atoms with Gasteiger partial charge in [0.15, 0.2) is 0 Å². The van der Waals surface area contributed by atoms with Crippen LogP contribution in [0.4, 0.5) is 0 Å². The standard InChI is InChI=1S/C23H37NO2/c1-18(25)22(23(2,3)4)17-20-8-10-21(11-9-20)26-16-6-5-7-19-12-14-24-15-13-19/h8-11,19,22,24H,5-7,12-17H2,1-4H3. The predicted octanol–water partition coefficient (Wildman–Crippen LogP) is 5.03. The van der Waals surface area contributed by atoms with Gasteiger partial charge in [-0.3, -0.25) is 4.79 Å². The Labute approximate surface area is 159 Å². The van der Waals surface area contributed by atoms with Gasteiger partial charge in [0.2, 0.25) is 0 Å². The van der Waals surface area contributed by atoms with E-state index in [-0.39, 0.29) is 17.1 Å². The molecule has 0 aliphatic carbocycles. The number of carbonyl (C=O) groups excluding carboxylic acids is 1. The van der Waals surface area contributed by atoms with E-state index in [0.29, 0.717) is 0 Å². The van der Waals surface area contributed by atoms with Crippen molar-refractivity contribution < 1.29 is 9.53 Å². The summed E-state index contributed by atoms with van der Waals surface area (Å²) in [6.45, 7) is 11.3. The lowest BCUT2D eigenvalue weighted by Crippen LogP contribution is -2.28. The smallest absolute Gasteiger partial charge is 0.133 e. The molecular formula is C23H37NO2. The van der Waals surface area contributed by atoms with Crippen molar-refractivity contribution in [1.82, 2.24) is 5.32 Å². The Morgan fingerprint density at radius 2 is 1.81 bits per heavy atom. The van der Waals surface area contributed by atoms with Gasteiger partial charge in [-0.05, 0) is 81.1 Å². The first kappa shape index (κ1) is 21.0. The van der Waals surface area contributed by atoms with Crippen LogP contribution in [0.5, 0.6) is 5.75 Å². The third kappa shape index (κ3) is 7.11. The van der Waals surface area contributed by atoms with Crippen LogP contribution in [0, 0.1) is 17.3 Å². The lowest BCUT2D eigenvalue weighted by atomic mass is 9.75. The van der Waals surface area contributed by atoms with Crippen molar-refractivity contribution in [1.29, 1.82) is 0 Å². The van der Waals surface area contributed by atoms with Crippen LogP contribution in [0.3, 0.4) is 0 Å². The maximum absolute atomic E-state index is 12.0. The molecule has 1 N–H and O–H groups in total. The molecule has 0 saturated carbocycles. The van der Waals surface area contributed by atoms with Gasteiger partial charge >= 0.3 is 0 Å². The van der Waals surface area contributed by atoms with Crippen molar-refractivity contribution in [3.8, 4) is 5.75 Å². The fraction of sp³-hybridized carbons (Fsp3) is 0.696. The molecule has 1 unspecified atom stereocenters. The number of ketones is 1. The van der Waals surface area contributed by atoms with Gasteiger partial charge in [0.25, 0.3) is 0 Å². The number of nitrogens with one attached hydrogen (secondary N) is 1. The Morgan fingerprint density at radius 1 is 1.15 bits per heavy atom. The minimum Gasteiger partial charge on any atom is -0.494 e. The Bertz CT molecular complexity index is 538. The Hall–Kier alpha value is -1.35. The first-order chi connectivity index (χ1) is 12.4. The molecule has 1 atom stereocenters. The van der Waals surface area contributed by atoms with Crippen molar-refractivity contribution in [2.75, 3.05) is 19.7 Å². The number of hydrogen-bond donors (Lipinski definition) is 1. The molecular weight excluding hydrogens is 322 g/mol. The summed E-state index contributed by atoms with van der Waals surface area (Å²) in [5.74, 6) is 2.18. The van der Waals surface area contributed by atoms with E-state index in [2.05, 4.69) is 38.2 Å². The lowest BCUT2D eigenvalue weighted by Gasteiger charge is -2.28. The fourth-order valence-electron chi connectivity index (χ4n) is 3.91. The number of ether oxygens (including phenoxy) is 1. The number of unbranched alkanes of at least 4 members (excludes halogenated alkanes) is 1. The molecule has 1 heterocycles. The predicted molar refractivity (Wildman–Crippen MR) is 109 cm³/mol. The van der Waals surface area contributed by atoms with E-state index in [4.69, 9.17) is 4.74 Å². The fourth-order valence-corrected chi connectivity index (χ4v) is 3.91. The number of rotatable bonds is 9. The maximum atomic E-state index is 12.0. The number of carbonyl (C=O) groups is 1. The summed E-state index contributed by atoms with van der Waals surface area (Å²) >= 11 is 0. The maximum Gasteiger partial charge on any atom is 0.133 e. The van der Waals surface area contributed by atoms with Crippen LogP contribution in [-0.4, -0.2) is 25.5 Å².